The molecule has 1 atom stereocenters. The zero-order valence-corrected chi connectivity index (χ0v) is 23.4. The number of fused-ring (bicyclic) bond motifs is 1. The first-order valence-electron chi connectivity index (χ1n) is 13.6. The predicted octanol–water partition coefficient (Wildman–Crippen LogP) is 7.65. The summed E-state index contributed by atoms with van der Waals surface area (Å²) in [5, 5.41) is 19.3. The van der Waals surface area contributed by atoms with E-state index in [0.29, 0.717) is 22.0 Å². The molecule has 41 heavy (non-hydrogen) atoms. The summed E-state index contributed by atoms with van der Waals surface area (Å²) in [7, 11) is 0. The van der Waals surface area contributed by atoms with Gasteiger partial charge in [-0.1, -0.05) is 49.1 Å². The third-order valence-corrected chi connectivity index (χ3v) is 8.63. The number of anilines is 3. The average molecular weight is 586 g/mol. The summed E-state index contributed by atoms with van der Waals surface area (Å²) in [6, 6.07) is 12.9. The standard InChI is InChI=1S/C31H31ClF3N3O3/c1-30(2,29(40)41)19-10-13-24(23(35)14-19)36-28(39)27(17-6-4-3-5-7-17)31(18-8-11-20(32)12-9-18)37-25-15-21(33)22(34)16-26(25)38-31/h8-17,27,37-38H,3-7H2,1-2H3,(H,36,39)(H,40,41). The number of hydrogen-bond acceptors (Lipinski definition) is 4. The van der Waals surface area contributed by atoms with E-state index in [1.165, 1.54) is 26.0 Å². The van der Waals surface area contributed by atoms with E-state index >= 15 is 4.39 Å². The number of carbonyl (C=O) groups is 2. The number of amides is 1. The Morgan fingerprint density at radius 3 is 2.05 bits per heavy atom. The highest BCUT2D eigenvalue weighted by Gasteiger charge is 2.52. The monoisotopic (exact) mass is 585 g/mol. The molecule has 0 saturated heterocycles. The first-order valence-corrected chi connectivity index (χ1v) is 14.0. The van der Waals surface area contributed by atoms with Gasteiger partial charge in [-0.2, -0.15) is 0 Å². The van der Waals surface area contributed by atoms with Crippen molar-refractivity contribution in [3.05, 3.63) is 88.2 Å². The first kappa shape index (κ1) is 28.8. The number of halogens is 4. The van der Waals surface area contributed by atoms with Crippen molar-refractivity contribution < 1.29 is 27.9 Å². The van der Waals surface area contributed by atoms with Crippen LogP contribution in [0.15, 0.2) is 54.6 Å². The molecule has 3 aromatic rings. The fraction of sp³-hybridized carbons (Fsp3) is 0.355. The Labute approximate surface area is 241 Å². The van der Waals surface area contributed by atoms with Crippen LogP contribution in [0.3, 0.4) is 0 Å². The van der Waals surface area contributed by atoms with E-state index in [1.54, 1.807) is 24.3 Å². The van der Waals surface area contributed by atoms with Gasteiger partial charge in [0.2, 0.25) is 5.91 Å². The molecule has 0 spiro atoms. The van der Waals surface area contributed by atoms with E-state index in [4.69, 9.17) is 11.6 Å². The van der Waals surface area contributed by atoms with Gasteiger partial charge in [0.1, 0.15) is 11.5 Å². The van der Waals surface area contributed by atoms with Gasteiger partial charge in [0.25, 0.3) is 0 Å². The topological polar surface area (TPSA) is 90.5 Å². The van der Waals surface area contributed by atoms with Crippen LogP contribution in [0.25, 0.3) is 0 Å². The summed E-state index contributed by atoms with van der Waals surface area (Å²) >= 11 is 6.18. The van der Waals surface area contributed by atoms with Crippen LogP contribution >= 0.6 is 11.6 Å². The minimum atomic E-state index is -1.33. The highest BCUT2D eigenvalue weighted by Crippen LogP contribution is 2.49. The molecule has 3 aromatic carbocycles. The van der Waals surface area contributed by atoms with E-state index in [-0.39, 0.29) is 17.2 Å². The average Bonchev–Trinajstić information content (AvgIpc) is 3.29. The summed E-state index contributed by atoms with van der Waals surface area (Å²) in [6.45, 7) is 2.94. The zero-order valence-electron chi connectivity index (χ0n) is 22.7. The molecular formula is C31H31ClF3N3O3. The number of hydrogen-bond donors (Lipinski definition) is 4. The molecule has 1 unspecified atom stereocenters. The fourth-order valence-corrected chi connectivity index (χ4v) is 6.10. The maximum Gasteiger partial charge on any atom is 0.313 e. The zero-order chi connectivity index (χ0) is 29.5. The van der Waals surface area contributed by atoms with Crippen molar-refractivity contribution in [1.82, 2.24) is 0 Å². The molecule has 0 bridgehead atoms. The van der Waals surface area contributed by atoms with Crippen molar-refractivity contribution in [3.63, 3.8) is 0 Å². The third kappa shape index (κ3) is 5.35. The molecule has 1 aliphatic heterocycles. The van der Waals surface area contributed by atoms with Crippen LogP contribution < -0.4 is 16.0 Å². The van der Waals surface area contributed by atoms with Crippen LogP contribution in [0.4, 0.5) is 30.2 Å². The lowest BCUT2D eigenvalue weighted by atomic mass is 9.71. The number of carboxylic acids is 1. The Morgan fingerprint density at radius 2 is 1.51 bits per heavy atom. The van der Waals surface area contributed by atoms with Gasteiger partial charge in [-0.3, -0.25) is 9.59 Å². The van der Waals surface area contributed by atoms with Crippen LogP contribution in [0.5, 0.6) is 0 Å². The van der Waals surface area contributed by atoms with Crippen molar-refractivity contribution in [1.29, 1.82) is 0 Å². The highest BCUT2D eigenvalue weighted by atomic mass is 35.5. The molecule has 1 saturated carbocycles. The molecule has 2 aliphatic rings. The molecule has 6 nitrogen and oxygen atoms in total. The lowest BCUT2D eigenvalue weighted by Crippen LogP contribution is -2.54. The Balaban J connectivity index is 1.58. The fourth-order valence-electron chi connectivity index (χ4n) is 5.97. The van der Waals surface area contributed by atoms with Crippen molar-refractivity contribution in [2.45, 2.75) is 57.0 Å². The van der Waals surface area contributed by atoms with Gasteiger partial charge in [0.15, 0.2) is 11.6 Å². The second kappa shape index (κ2) is 10.9. The number of rotatable bonds is 7. The van der Waals surface area contributed by atoms with Crippen LogP contribution in [-0.4, -0.2) is 17.0 Å². The van der Waals surface area contributed by atoms with Gasteiger partial charge in [-0.05, 0) is 68.0 Å². The summed E-state index contributed by atoms with van der Waals surface area (Å²) < 4.78 is 43.9. The highest BCUT2D eigenvalue weighted by molar-refractivity contribution is 6.30. The van der Waals surface area contributed by atoms with E-state index in [0.717, 1.165) is 50.3 Å². The Hall–Kier alpha value is -3.72. The van der Waals surface area contributed by atoms with Crippen molar-refractivity contribution in [2.24, 2.45) is 11.8 Å². The van der Waals surface area contributed by atoms with Gasteiger partial charge in [-0.15, -0.1) is 0 Å². The summed E-state index contributed by atoms with van der Waals surface area (Å²) in [5.74, 6) is -5.45. The van der Waals surface area contributed by atoms with Crippen LogP contribution in [0, 0.1) is 29.3 Å². The van der Waals surface area contributed by atoms with E-state index in [9.17, 15) is 23.5 Å². The number of carboxylic acid groups (broad SMARTS) is 1. The van der Waals surface area contributed by atoms with E-state index in [2.05, 4.69) is 16.0 Å². The quantitative estimate of drug-likeness (QED) is 0.229. The molecule has 1 aliphatic carbocycles. The number of benzene rings is 3. The SMILES string of the molecule is CC(C)(C(=O)O)c1ccc(NC(=O)C(C2CCCCC2)C2(c3ccc(Cl)cc3)Nc3cc(F)c(F)cc3N2)c(F)c1. The second-order valence-electron chi connectivity index (χ2n) is 11.4. The van der Waals surface area contributed by atoms with Gasteiger partial charge in [0, 0.05) is 17.2 Å². The van der Waals surface area contributed by atoms with Gasteiger partial charge >= 0.3 is 5.97 Å². The maximum atomic E-state index is 15.3. The largest absolute Gasteiger partial charge is 0.481 e. The summed E-state index contributed by atoms with van der Waals surface area (Å²) in [4.78, 5) is 25.9. The first-order chi connectivity index (χ1) is 19.4. The van der Waals surface area contributed by atoms with E-state index < -0.39 is 46.3 Å². The molecule has 1 heterocycles. The van der Waals surface area contributed by atoms with Gasteiger partial charge in [-0.25, -0.2) is 13.2 Å². The molecule has 0 radical (unpaired) electrons. The number of nitrogens with one attached hydrogen (secondary N) is 3. The minimum absolute atomic E-state index is 0.0976. The number of carbonyl (C=O) groups excluding carboxylic acids is 1. The van der Waals surface area contributed by atoms with Crippen LogP contribution in [0.2, 0.25) is 5.02 Å². The molecule has 1 fully saturated rings. The predicted molar refractivity (Wildman–Crippen MR) is 152 cm³/mol. The van der Waals surface area contributed by atoms with Crippen molar-refractivity contribution >= 4 is 40.5 Å². The van der Waals surface area contributed by atoms with Gasteiger partial charge < -0.3 is 21.1 Å². The summed E-state index contributed by atoms with van der Waals surface area (Å²) in [6.07, 6.45) is 4.27. The second-order valence-corrected chi connectivity index (χ2v) is 11.8. The Kier molecular flexibility index (Phi) is 7.68. The Morgan fingerprint density at radius 1 is 0.927 bits per heavy atom. The minimum Gasteiger partial charge on any atom is -0.481 e. The molecule has 0 aromatic heterocycles. The molecule has 10 heteroatoms. The van der Waals surface area contributed by atoms with Crippen LogP contribution in [-0.2, 0) is 20.7 Å². The molecule has 1 amide bonds. The molecule has 216 valence electrons. The normalized spacial score (nSPS) is 17.2. The molecule has 4 N–H and O–H groups in total. The Bertz CT molecular complexity index is 1460. The molecule has 5 rings (SSSR count). The lowest BCUT2D eigenvalue weighted by molar-refractivity contribution is -0.142. The van der Waals surface area contributed by atoms with Crippen LogP contribution in [0.1, 0.15) is 57.1 Å². The van der Waals surface area contributed by atoms with Crippen molar-refractivity contribution in [2.75, 3.05) is 16.0 Å². The van der Waals surface area contributed by atoms with E-state index in [1.807, 2.05) is 0 Å². The molecular weight excluding hydrogens is 555 g/mol. The van der Waals surface area contributed by atoms with Crippen molar-refractivity contribution in [3.8, 4) is 0 Å². The maximum absolute atomic E-state index is 15.3. The third-order valence-electron chi connectivity index (χ3n) is 8.38. The number of aliphatic carboxylic acids is 1. The van der Waals surface area contributed by atoms with Gasteiger partial charge in [0.05, 0.1) is 28.4 Å². The lowest BCUT2D eigenvalue weighted by Gasteiger charge is -2.43. The summed E-state index contributed by atoms with van der Waals surface area (Å²) in [5.41, 5.74) is -1.32. The smallest absolute Gasteiger partial charge is 0.313 e.